The first-order valence-electron chi connectivity index (χ1n) is 5.89. The fourth-order valence-electron chi connectivity index (χ4n) is 1.83. The molecule has 0 atom stereocenters. The van der Waals surface area contributed by atoms with E-state index in [1.54, 1.807) is 6.20 Å². The molecule has 0 spiro atoms. The molecule has 0 aliphatic heterocycles. The molecule has 0 saturated heterocycles. The van der Waals surface area contributed by atoms with E-state index in [1.165, 1.54) is 0 Å². The van der Waals surface area contributed by atoms with Gasteiger partial charge in [0.05, 0.1) is 5.69 Å². The number of carboxylic acid groups (broad SMARTS) is 1. The molecule has 0 bridgehead atoms. The molecule has 2 rings (SSSR count). The molecule has 1 heterocycles. The maximum atomic E-state index is 10.6. The third-order valence-corrected chi connectivity index (χ3v) is 2.88. The van der Waals surface area contributed by atoms with Gasteiger partial charge in [-0.15, -0.1) is 0 Å². The van der Waals surface area contributed by atoms with Crippen LogP contribution in [0, 0.1) is 12.3 Å². The van der Waals surface area contributed by atoms with Gasteiger partial charge >= 0.3 is 5.97 Å². The zero-order valence-corrected chi connectivity index (χ0v) is 10.6. The number of nitrogens with one attached hydrogen (secondary N) is 1. The van der Waals surface area contributed by atoms with E-state index in [2.05, 4.69) is 4.98 Å². The lowest BCUT2D eigenvalue weighted by Crippen LogP contribution is -2.14. The molecular formula is C15H14N2O2. The highest BCUT2D eigenvalue weighted by Gasteiger charge is 2.08. The first kappa shape index (κ1) is 13.0. The molecule has 0 aliphatic carbocycles. The molecule has 0 fully saturated rings. The minimum absolute atomic E-state index is 0.0936. The van der Waals surface area contributed by atoms with E-state index in [4.69, 9.17) is 10.5 Å². The van der Waals surface area contributed by atoms with Crippen LogP contribution in [0.2, 0.25) is 0 Å². The third-order valence-electron chi connectivity index (χ3n) is 2.88. The number of benzene rings is 1. The number of nitrogens with zero attached hydrogens (tertiary/aromatic N) is 1. The van der Waals surface area contributed by atoms with E-state index in [1.807, 2.05) is 43.3 Å². The monoisotopic (exact) mass is 254 g/mol. The Morgan fingerprint density at radius 1 is 1.26 bits per heavy atom. The van der Waals surface area contributed by atoms with Crippen LogP contribution in [-0.4, -0.2) is 21.8 Å². The summed E-state index contributed by atoms with van der Waals surface area (Å²) in [7, 11) is 0. The Morgan fingerprint density at radius 2 is 2.00 bits per heavy atom. The van der Waals surface area contributed by atoms with Crippen molar-refractivity contribution >= 4 is 11.7 Å². The molecule has 0 amide bonds. The van der Waals surface area contributed by atoms with E-state index in [9.17, 15) is 4.79 Å². The average molecular weight is 254 g/mol. The summed E-state index contributed by atoms with van der Waals surface area (Å²) in [6.07, 6.45) is 1.72. The largest absolute Gasteiger partial charge is 0.477 e. The second-order valence-electron chi connectivity index (χ2n) is 4.33. The van der Waals surface area contributed by atoms with Gasteiger partial charge in [0, 0.05) is 18.2 Å². The Bertz CT molecular complexity index is 618. The maximum absolute atomic E-state index is 10.6. The summed E-state index contributed by atoms with van der Waals surface area (Å²) in [4.78, 5) is 14.9. The smallest absolute Gasteiger partial charge is 0.349 e. The number of pyridine rings is 1. The lowest BCUT2D eigenvalue weighted by molar-refractivity contribution is -0.129. The van der Waals surface area contributed by atoms with Crippen molar-refractivity contribution in [2.24, 2.45) is 0 Å². The van der Waals surface area contributed by atoms with E-state index in [0.717, 1.165) is 22.4 Å². The van der Waals surface area contributed by atoms with Crippen LogP contribution in [0.15, 0.2) is 42.6 Å². The van der Waals surface area contributed by atoms with Crippen molar-refractivity contribution in [1.82, 2.24) is 4.98 Å². The minimum atomic E-state index is -1.19. The second-order valence-corrected chi connectivity index (χ2v) is 4.33. The van der Waals surface area contributed by atoms with Gasteiger partial charge in [0.15, 0.2) is 0 Å². The molecule has 2 N–H and O–H groups in total. The van der Waals surface area contributed by atoms with Gasteiger partial charge in [-0.2, -0.15) is 0 Å². The summed E-state index contributed by atoms with van der Waals surface area (Å²) in [6.45, 7) is 2.02. The molecule has 0 aliphatic rings. The lowest BCUT2D eigenvalue weighted by Gasteiger charge is -2.06. The topological polar surface area (TPSA) is 74.0 Å². The van der Waals surface area contributed by atoms with Crippen LogP contribution in [-0.2, 0) is 11.2 Å². The second kappa shape index (κ2) is 5.44. The summed E-state index contributed by atoms with van der Waals surface area (Å²) in [6, 6.07) is 11.6. The highest BCUT2D eigenvalue weighted by molar-refractivity contribution is 6.34. The highest BCUT2D eigenvalue weighted by Crippen LogP contribution is 2.20. The Balaban J connectivity index is 2.22. The average Bonchev–Trinajstić information content (AvgIpc) is 2.40. The number of carboxylic acids is 1. The summed E-state index contributed by atoms with van der Waals surface area (Å²) in [5, 5.41) is 16.0. The maximum Gasteiger partial charge on any atom is 0.349 e. The molecular weight excluding hydrogens is 240 g/mol. The fraction of sp³-hybridized carbons (Fsp3) is 0.133. The van der Waals surface area contributed by atoms with Crippen molar-refractivity contribution in [3.05, 3.63) is 53.7 Å². The van der Waals surface area contributed by atoms with Gasteiger partial charge in [0.25, 0.3) is 0 Å². The summed E-state index contributed by atoms with van der Waals surface area (Å²) in [5.41, 5.74) is 3.45. The van der Waals surface area contributed by atoms with Crippen LogP contribution in [0.25, 0.3) is 11.3 Å². The van der Waals surface area contributed by atoms with Gasteiger partial charge in [-0.1, -0.05) is 30.3 Å². The van der Waals surface area contributed by atoms with Crippen LogP contribution in [0.3, 0.4) is 0 Å². The number of rotatable bonds is 4. The number of carbonyl (C=O) groups is 1. The molecule has 1 aromatic heterocycles. The molecule has 2 aromatic rings. The van der Waals surface area contributed by atoms with Crippen LogP contribution in [0.4, 0.5) is 0 Å². The predicted molar refractivity (Wildman–Crippen MR) is 73.5 cm³/mol. The molecule has 96 valence electrons. The van der Waals surface area contributed by atoms with E-state index in [0.29, 0.717) is 0 Å². The zero-order valence-electron chi connectivity index (χ0n) is 10.6. The molecule has 4 nitrogen and oxygen atoms in total. The molecule has 1 aromatic carbocycles. The van der Waals surface area contributed by atoms with Crippen molar-refractivity contribution < 1.29 is 9.90 Å². The van der Waals surface area contributed by atoms with E-state index >= 15 is 0 Å². The van der Waals surface area contributed by atoms with Gasteiger partial charge in [-0.25, -0.2) is 4.79 Å². The minimum Gasteiger partial charge on any atom is -0.477 e. The van der Waals surface area contributed by atoms with Crippen molar-refractivity contribution in [2.45, 2.75) is 13.3 Å². The molecule has 0 saturated carbocycles. The molecule has 0 unspecified atom stereocenters. The van der Waals surface area contributed by atoms with Gasteiger partial charge in [0.2, 0.25) is 0 Å². The van der Waals surface area contributed by atoms with Gasteiger partial charge in [-0.05, 0) is 24.1 Å². The number of aromatic nitrogens is 1. The number of hydrogen-bond donors (Lipinski definition) is 2. The Labute approximate surface area is 111 Å². The van der Waals surface area contributed by atoms with Crippen molar-refractivity contribution in [3.8, 4) is 11.3 Å². The van der Waals surface area contributed by atoms with Crippen LogP contribution < -0.4 is 0 Å². The molecule has 19 heavy (non-hydrogen) atoms. The predicted octanol–water partition coefficient (Wildman–Crippen LogP) is 2.70. The Hall–Kier alpha value is -2.49. The van der Waals surface area contributed by atoms with E-state index < -0.39 is 5.97 Å². The third kappa shape index (κ3) is 3.04. The van der Waals surface area contributed by atoms with Gasteiger partial charge in [-0.3, -0.25) is 10.4 Å². The molecule has 0 radical (unpaired) electrons. The van der Waals surface area contributed by atoms with E-state index in [-0.39, 0.29) is 12.1 Å². The first-order chi connectivity index (χ1) is 9.08. The number of aliphatic carboxylic acids is 1. The van der Waals surface area contributed by atoms with Crippen molar-refractivity contribution in [2.75, 3.05) is 0 Å². The Kier molecular flexibility index (Phi) is 3.71. The normalized spacial score (nSPS) is 10.2. The van der Waals surface area contributed by atoms with Crippen LogP contribution in [0.1, 0.15) is 11.1 Å². The lowest BCUT2D eigenvalue weighted by atomic mass is 10.0. The standard InChI is InChI=1S/C15H14N2O2/c1-10-4-2-3-5-12(10)14-7-6-11(9-17-14)8-13(16)15(18)19/h2-7,9,16H,8H2,1H3,(H,18,19). The Morgan fingerprint density at radius 3 is 2.58 bits per heavy atom. The highest BCUT2D eigenvalue weighted by atomic mass is 16.4. The van der Waals surface area contributed by atoms with Crippen LogP contribution >= 0.6 is 0 Å². The van der Waals surface area contributed by atoms with Gasteiger partial charge in [0.1, 0.15) is 5.71 Å². The summed E-state index contributed by atoms with van der Waals surface area (Å²) >= 11 is 0. The fourth-order valence-corrected chi connectivity index (χ4v) is 1.83. The van der Waals surface area contributed by atoms with Crippen LogP contribution in [0.5, 0.6) is 0 Å². The zero-order chi connectivity index (χ0) is 13.8. The molecule has 4 heteroatoms. The summed E-state index contributed by atoms with van der Waals surface area (Å²) < 4.78 is 0. The quantitative estimate of drug-likeness (QED) is 0.824. The SMILES string of the molecule is Cc1ccccc1-c1ccc(CC(=N)C(=O)O)cn1. The van der Waals surface area contributed by atoms with Crippen molar-refractivity contribution in [3.63, 3.8) is 0 Å². The first-order valence-corrected chi connectivity index (χ1v) is 5.89. The number of aryl methyl sites for hydroxylation is 1. The number of hydrogen-bond acceptors (Lipinski definition) is 3. The van der Waals surface area contributed by atoms with Crippen molar-refractivity contribution in [1.29, 1.82) is 5.41 Å². The van der Waals surface area contributed by atoms with Gasteiger partial charge < -0.3 is 5.11 Å². The summed E-state index contributed by atoms with van der Waals surface area (Å²) in [5.74, 6) is -1.19.